The second kappa shape index (κ2) is 10.8. The van der Waals surface area contributed by atoms with Gasteiger partial charge in [-0.05, 0) is 54.8 Å². The standard InChI is InChI=1S/C28H29N3O4S/c1-4-24(28(32)30-19-21-17-22-12-6-7-13-23(22)29-18-21)31(25-14-8-9-15-26(25)35-3)36(33,34)27-16-10-5-11-20(27)2/h5-18,24H,4,19H2,1-3H3,(H,30,32). The van der Waals surface area contributed by atoms with Gasteiger partial charge in [-0.15, -0.1) is 0 Å². The van der Waals surface area contributed by atoms with Crippen LogP contribution in [-0.4, -0.2) is 32.5 Å². The van der Waals surface area contributed by atoms with Crippen molar-refractivity contribution in [3.8, 4) is 5.75 Å². The minimum Gasteiger partial charge on any atom is -0.495 e. The van der Waals surface area contributed by atoms with E-state index in [4.69, 9.17) is 4.74 Å². The molecule has 0 aliphatic heterocycles. The average Bonchev–Trinajstić information content (AvgIpc) is 2.90. The lowest BCUT2D eigenvalue weighted by Gasteiger charge is -2.32. The van der Waals surface area contributed by atoms with Crippen molar-refractivity contribution in [3.63, 3.8) is 0 Å². The van der Waals surface area contributed by atoms with Crippen LogP contribution < -0.4 is 14.4 Å². The normalized spacial score (nSPS) is 12.2. The number of nitrogens with zero attached hydrogens (tertiary/aromatic N) is 2. The summed E-state index contributed by atoms with van der Waals surface area (Å²) in [7, 11) is -2.63. The number of nitrogens with one attached hydrogen (secondary N) is 1. The zero-order valence-corrected chi connectivity index (χ0v) is 21.3. The van der Waals surface area contributed by atoms with E-state index < -0.39 is 22.0 Å². The number of aromatic nitrogens is 1. The van der Waals surface area contributed by atoms with Gasteiger partial charge in [0, 0.05) is 18.1 Å². The molecule has 1 N–H and O–H groups in total. The van der Waals surface area contributed by atoms with Gasteiger partial charge in [0.15, 0.2) is 0 Å². The second-order valence-corrected chi connectivity index (χ2v) is 10.2. The number of rotatable bonds is 9. The van der Waals surface area contributed by atoms with E-state index in [0.717, 1.165) is 16.5 Å². The number of hydrogen-bond donors (Lipinski definition) is 1. The molecule has 0 aliphatic carbocycles. The molecule has 0 fully saturated rings. The Morgan fingerprint density at radius 1 is 1.03 bits per heavy atom. The summed E-state index contributed by atoms with van der Waals surface area (Å²) >= 11 is 0. The molecular weight excluding hydrogens is 474 g/mol. The highest BCUT2D eigenvalue weighted by Gasteiger charge is 2.37. The molecule has 1 atom stereocenters. The van der Waals surface area contributed by atoms with Gasteiger partial charge in [-0.1, -0.05) is 55.5 Å². The van der Waals surface area contributed by atoms with E-state index in [1.165, 1.54) is 11.4 Å². The molecule has 4 rings (SSSR count). The number of carbonyl (C=O) groups excluding carboxylic acids is 1. The highest BCUT2D eigenvalue weighted by molar-refractivity contribution is 7.93. The van der Waals surface area contributed by atoms with E-state index >= 15 is 0 Å². The van der Waals surface area contributed by atoms with Crippen LogP contribution in [0.5, 0.6) is 5.75 Å². The molecule has 36 heavy (non-hydrogen) atoms. The van der Waals surface area contributed by atoms with Crippen molar-refractivity contribution in [2.45, 2.75) is 37.8 Å². The molecule has 186 valence electrons. The lowest BCUT2D eigenvalue weighted by Crippen LogP contribution is -2.49. The third kappa shape index (κ3) is 5.04. The summed E-state index contributed by atoms with van der Waals surface area (Å²) in [5.74, 6) is -0.0478. The van der Waals surface area contributed by atoms with Crippen LogP contribution in [0.15, 0.2) is 90.0 Å². The van der Waals surface area contributed by atoms with Crippen LogP contribution in [0.25, 0.3) is 10.9 Å². The van der Waals surface area contributed by atoms with E-state index in [1.54, 1.807) is 68.6 Å². The van der Waals surface area contributed by atoms with Gasteiger partial charge in [0.2, 0.25) is 5.91 Å². The molecule has 4 aromatic rings. The molecule has 1 aromatic heterocycles. The molecule has 0 aliphatic rings. The van der Waals surface area contributed by atoms with Crippen LogP contribution in [-0.2, 0) is 21.4 Å². The summed E-state index contributed by atoms with van der Waals surface area (Å²) in [4.78, 5) is 18.1. The minimum absolute atomic E-state index is 0.140. The minimum atomic E-state index is -4.11. The summed E-state index contributed by atoms with van der Waals surface area (Å²) in [6, 6.07) is 22.3. The second-order valence-electron chi connectivity index (χ2n) is 8.42. The van der Waals surface area contributed by atoms with Crippen LogP contribution >= 0.6 is 0 Å². The Kier molecular flexibility index (Phi) is 7.55. The van der Waals surface area contributed by atoms with Crippen LogP contribution in [0.2, 0.25) is 0 Å². The number of sulfonamides is 1. The molecule has 0 radical (unpaired) electrons. The Bertz CT molecular complexity index is 1490. The van der Waals surface area contributed by atoms with Crippen molar-refractivity contribution >= 4 is 32.5 Å². The zero-order chi connectivity index (χ0) is 25.7. The van der Waals surface area contributed by atoms with Crippen molar-refractivity contribution in [1.29, 1.82) is 0 Å². The zero-order valence-electron chi connectivity index (χ0n) is 20.5. The molecule has 3 aromatic carbocycles. The Labute approximate surface area is 211 Å². The molecule has 1 heterocycles. The first-order chi connectivity index (χ1) is 17.4. The number of pyridine rings is 1. The summed E-state index contributed by atoms with van der Waals surface area (Å²) in [5, 5.41) is 3.88. The van der Waals surface area contributed by atoms with Gasteiger partial charge in [-0.25, -0.2) is 8.42 Å². The summed E-state index contributed by atoms with van der Waals surface area (Å²) in [6.07, 6.45) is 1.97. The van der Waals surface area contributed by atoms with E-state index in [2.05, 4.69) is 10.3 Å². The number of methoxy groups -OCH3 is 1. The Morgan fingerprint density at radius 3 is 2.47 bits per heavy atom. The van der Waals surface area contributed by atoms with E-state index in [9.17, 15) is 13.2 Å². The van der Waals surface area contributed by atoms with Gasteiger partial charge in [-0.2, -0.15) is 0 Å². The number of ether oxygens (including phenoxy) is 1. The Balaban J connectivity index is 1.70. The number of para-hydroxylation sites is 3. The number of carbonyl (C=O) groups is 1. The molecule has 7 nitrogen and oxygen atoms in total. The fourth-order valence-corrected chi connectivity index (χ4v) is 6.13. The third-order valence-electron chi connectivity index (χ3n) is 6.04. The van der Waals surface area contributed by atoms with Gasteiger partial charge in [0.1, 0.15) is 11.8 Å². The van der Waals surface area contributed by atoms with Crippen molar-refractivity contribution in [3.05, 3.63) is 96.2 Å². The monoisotopic (exact) mass is 503 g/mol. The molecule has 0 spiro atoms. The van der Waals surface area contributed by atoms with Gasteiger partial charge in [0.05, 0.1) is 23.2 Å². The predicted molar refractivity (Wildman–Crippen MR) is 142 cm³/mol. The maximum Gasteiger partial charge on any atom is 0.265 e. The smallest absolute Gasteiger partial charge is 0.265 e. The fourth-order valence-electron chi connectivity index (χ4n) is 4.21. The lowest BCUT2D eigenvalue weighted by molar-refractivity contribution is -0.122. The van der Waals surface area contributed by atoms with Gasteiger partial charge in [0.25, 0.3) is 10.0 Å². The first-order valence-corrected chi connectivity index (χ1v) is 13.1. The summed E-state index contributed by atoms with van der Waals surface area (Å²) < 4.78 is 34.7. The number of hydrogen-bond acceptors (Lipinski definition) is 5. The predicted octanol–water partition coefficient (Wildman–Crippen LogP) is 4.84. The number of fused-ring (bicyclic) bond motifs is 1. The van der Waals surface area contributed by atoms with Crippen molar-refractivity contribution in [2.24, 2.45) is 0 Å². The summed E-state index contributed by atoms with van der Waals surface area (Å²) in [6.45, 7) is 3.75. The Hall–Kier alpha value is -3.91. The molecule has 1 amide bonds. The maximum atomic E-state index is 14.0. The van der Waals surface area contributed by atoms with Crippen LogP contribution in [0.3, 0.4) is 0 Å². The van der Waals surface area contributed by atoms with Gasteiger partial charge >= 0.3 is 0 Å². The fraction of sp³-hybridized carbons (Fsp3) is 0.214. The third-order valence-corrected chi connectivity index (χ3v) is 8.02. The quantitative estimate of drug-likeness (QED) is 0.353. The molecule has 1 unspecified atom stereocenters. The SMILES string of the molecule is CCC(C(=O)NCc1cnc2ccccc2c1)N(c1ccccc1OC)S(=O)(=O)c1ccccc1C. The van der Waals surface area contributed by atoms with E-state index in [1.807, 2.05) is 30.3 Å². The molecular formula is C28H29N3O4S. The molecule has 0 saturated heterocycles. The maximum absolute atomic E-state index is 14.0. The highest BCUT2D eigenvalue weighted by Crippen LogP contribution is 2.35. The molecule has 8 heteroatoms. The topological polar surface area (TPSA) is 88.6 Å². The van der Waals surface area contributed by atoms with Gasteiger partial charge < -0.3 is 10.1 Å². The van der Waals surface area contributed by atoms with Crippen LogP contribution in [0.4, 0.5) is 5.69 Å². The van der Waals surface area contributed by atoms with Crippen LogP contribution in [0.1, 0.15) is 24.5 Å². The highest BCUT2D eigenvalue weighted by atomic mass is 32.2. The largest absolute Gasteiger partial charge is 0.495 e. The first-order valence-electron chi connectivity index (χ1n) is 11.7. The first kappa shape index (κ1) is 25.2. The number of benzene rings is 3. The van der Waals surface area contributed by atoms with Crippen molar-refractivity contribution < 1.29 is 17.9 Å². The number of aryl methyl sites for hydroxylation is 1. The Morgan fingerprint density at radius 2 is 1.72 bits per heavy atom. The van der Waals surface area contributed by atoms with E-state index in [-0.39, 0.29) is 17.9 Å². The van der Waals surface area contributed by atoms with Crippen molar-refractivity contribution in [1.82, 2.24) is 10.3 Å². The lowest BCUT2D eigenvalue weighted by atomic mass is 10.1. The van der Waals surface area contributed by atoms with Crippen molar-refractivity contribution in [2.75, 3.05) is 11.4 Å². The summed E-state index contributed by atoms with van der Waals surface area (Å²) in [5.41, 5.74) is 2.58. The van der Waals surface area contributed by atoms with Gasteiger partial charge in [-0.3, -0.25) is 14.1 Å². The average molecular weight is 504 g/mol. The number of amides is 1. The number of anilines is 1. The molecule has 0 saturated carbocycles. The molecule has 0 bridgehead atoms. The van der Waals surface area contributed by atoms with Crippen LogP contribution in [0, 0.1) is 6.92 Å². The van der Waals surface area contributed by atoms with E-state index in [0.29, 0.717) is 17.0 Å².